The molecule has 0 saturated heterocycles. The van der Waals surface area contributed by atoms with Gasteiger partial charge < -0.3 is 4.74 Å². The number of nitrogens with zero attached hydrogens (tertiary/aromatic N) is 1. The van der Waals surface area contributed by atoms with E-state index >= 15 is 0 Å². The van der Waals surface area contributed by atoms with Gasteiger partial charge in [-0.25, -0.2) is 5.43 Å². The maximum atomic E-state index is 12.2. The van der Waals surface area contributed by atoms with Crippen molar-refractivity contribution in [2.45, 2.75) is 6.61 Å². The summed E-state index contributed by atoms with van der Waals surface area (Å²) in [5.41, 5.74) is 4.56. The van der Waals surface area contributed by atoms with Gasteiger partial charge >= 0.3 is 0 Å². The topological polar surface area (TPSA) is 50.7 Å². The average molecular weight is 592 g/mol. The Kier molecular flexibility index (Phi) is 8.20. The van der Waals surface area contributed by atoms with Crippen LogP contribution < -0.4 is 10.2 Å². The number of hydrogen-bond donors (Lipinski definition) is 1. The lowest BCUT2D eigenvalue weighted by molar-refractivity contribution is 0.0955. The monoisotopic (exact) mass is 588 g/mol. The highest BCUT2D eigenvalue weighted by Gasteiger charge is 2.10. The van der Waals surface area contributed by atoms with Crippen LogP contribution in [0.5, 0.6) is 5.75 Å². The summed E-state index contributed by atoms with van der Waals surface area (Å²) in [7, 11) is 0. The predicted molar refractivity (Wildman–Crippen MR) is 129 cm³/mol. The van der Waals surface area contributed by atoms with Crippen molar-refractivity contribution in [1.82, 2.24) is 5.43 Å². The second-order valence-electron chi connectivity index (χ2n) is 6.06. The standard InChI is InChI=1S/C21H13Br2Cl3N2O2/c22-16-7-13(10-27-28-21(29)14-3-6-18(25)19(26)9-14)8-17(23)20(16)30-11-12-1-4-15(24)5-2-12/h1-10H,11H2,(H,28,29)/b27-10-. The van der Waals surface area contributed by atoms with E-state index in [9.17, 15) is 4.79 Å². The van der Waals surface area contributed by atoms with Gasteiger partial charge in [-0.05, 0) is 85.5 Å². The molecule has 0 unspecified atom stereocenters. The fraction of sp³-hybridized carbons (Fsp3) is 0.0476. The van der Waals surface area contributed by atoms with E-state index in [4.69, 9.17) is 39.5 Å². The van der Waals surface area contributed by atoms with Crippen molar-refractivity contribution < 1.29 is 9.53 Å². The number of ether oxygens (including phenoxy) is 1. The zero-order valence-corrected chi connectivity index (χ0v) is 20.6. The minimum atomic E-state index is -0.397. The van der Waals surface area contributed by atoms with E-state index in [0.29, 0.717) is 33.0 Å². The summed E-state index contributed by atoms with van der Waals surface area (Å²) in [6.45, 7) is 0.390. The Bertz CT molecular complexity index is 1080. The second-order valence-corrected chi connectivity index (χ2v) is 9.02. The van der Waals surface area contributed by atoms with Gasteiger partial charge in [-0.1, -0.05) is 46.9 Å². The molecule has 0 heterocycles. The minimum absolute atomic E-state index is 0.301. The molecule has 1 N–H and O–H groups in total. The minimum Gasteiger partial charge on any atom is -0.487 e. The van der Waals surface area contributed by atoms with Crippen LogP contribution in [0.3, 0.4) is 0 Å². The van der Waals surface area contributed by atoms with Crippen molar-refractivity contribution in [2.75, 3.05) is 0 Å². The number of hydrazone groups is 1. The molecule has 0 aliphatic rings. The number of rotatable bonds is 6. The van der Waals surface area contributed by atoms with Crippen LogP contribution in [0.25, 0.3) is 0 Å². The Morgan fingerprint density at radius 3 is 2.27 bits per heavy atom. The van der Waals surface area contributed by atoms with Gasteiger partial charge in [0.25, 0.3) is 5.91 Å². The summed E-state index contributed by atoms with van der Waals surface area (Å²) < 4.78 is 7.37. The Labute approximate surface area is 205 Å². The largest absolute Gasteiger partial charge is 0.487 e. The maximum absolute atomic E-state index is 12.2. The predicted octanol–water partition coefficient (Wildman–Crippen LogP) is 7.51. The van der Waals surface area contributed by atoms with Crippen molar-refractivity contribution in [1.29, 1.82) is 0 Å². The summed E-state index contributed by atoms with van der Waals surface area (Å²) in [5, 5.41) is 5.35. The van der Waals surface area contributed by atoms with Gasteiger partial charge in [0.1, 0.15) is 12.4 Å². The Morgan fingerprint density at radius 1 is 0.967 bits per heavy atom. The van der Waals surface area contributed by atoms with Crippen molar-refractivity contribution in [3.63, 3.8) is 0 Å². The third kappa shape index (κ3) is 6.22. The molecule has 0 saturated carbocycles. The molecule has 0 fully saturated rings. The van der Waals surface area contributed by atoms with Gasteiger partial charge in [-0.3, -0.25) is 4.79 Å². The summed E-state index contributed by atoms with van der Waals surface area (Å²) in [6, 6.07) is 15.7. The highest BCUT2D eigenvalue weighted by Crippen LogP contribution is 2.35. The number of benzene rings is 3. The molecule has 30 heavy (non-hydrogen) atoms. The van der Waals surface area contributed by atoms with E-state index < -0.39 is 5.91 Å². The zero-order valence-electron chi connectivity index (χ0n) is 15.1. The van der Waals surface area contributed by atoms with Crippen molar-refractivity contribution in [3.8, 4) is 5.75 Å². The molecular formula is C21H13Br2Cl3N2O2. The molecule has 9 heteroatoms. The van der Waals surface area contributed by atoms with Crippen LogP contribution in [-0.4, -0.2) is 12.1 Å². The summed E-state index contributed by atoms with van der Waals surface area (Å²) in [4.78, 5) is 12.2. The van der Waals surface area contributed by atoms with Crippen LogP contribution in [0.4, 0.5) is 0 Å². The van der Waals surface area contributed by atoms with Gasteiger partial charge in [0, 0.05) is 10.6 Å². The van der Waals surface area contributed by atoms with E-state index in [0.717, 1.165) is 20.1 Å². The SMILES string of the molecule is O=C(N/N=C\c1cc(Br)c(OCc2ccc(Cl)cc2)c(Br)c1)c1ccc(Cl)c(Cl)c1. The molecule has 0 aliphatic carbocycles. The van der Waals surface area contributed by atoms with Crippen LogP contribution in [0.2, 0.25) is 15.1 Å². The molecule has 0 atom stereocenters. The first-order valence-electron chi connectivity index (χ1n) is 8.48. The number of carbonyl (C=O) groups excluding carboxylic acids is 1. The number of nitrogens with one attached hydrogen (secondary N) is 1. The summed E-state index contributed by atoms with van der Waals surface area (Å²) in [6.07, 6.45) is 1.52. The molecule has 0 spiro atoms. The zero-order chi connectivity index (χ0) is 21.7. The number of amides is 1. The van der Waals surface area contributed by atoms with Crippen molar-refractivity contribution >= 4 is 78.8 Å². The molecular weight excluding hydrogens is 578 g/mol. The van der Waals surface area contributed by atoms with Gasteiger partial charge in [0.15, 0.2) is 0 Å². The van der Waals surface area contributed by atoms with Crippen molar-refractivity contribution in [3.05, 3.63) is 95.3 Å². The molecule has 3 rings (SSSR count). The van der Waals surface area contributed by atoms with Crippen molar-refractivity contribution in [2.24, 2.45) is 5.10 Å². The van der Waals surface area contributed by atoms with Gasteiger partial charge in [-0.15, -0.1) is 0 Å². The second kappa shape index (κ2) is 10.6. The van der Waals surface area contributed by atoms with E-state index in [1.807, 2.05) is 36.4 Å². The molecule has 0 radical (unpaired) electrons. The Hall–Kier alpha value is -1.57. The third-order valence-electron chi connectivity index (χ3n) is 3.88. The molecule has 1 amide bonds. The molecule has 3 aromatic carbocycles. The molecule has 0 aliphatic heterocycles. The van der Waals surface area contributed by atoms with Crippen LogP contribution in [0.15, 0.2) is 68.6 Å². The summed E-state index contributed by atoms with van der Waals surface area (Å²) in [5.74, 6) is 0.257. The van der Waals surface area contributed by atoms with E-state index in [2.05, 4.69) is 42.4 Å². The highest BCUT2D eigenvalue weighted by molar-refractivity contribution is 9.11. The number of hydrogen-bond acceptors (Lipinski definition) is 3. The van der Waals surface area contributed by atoms with Crippen LogP contribution in [-0.2, 0) is 6.61 Å². The van der Waals surface area contributed by atoms with Crippen LogP contribution >= 0.6 is 66.7 Å². The molecule has 0 aromatic heterocycles. The molecule has 4 nitrogen and oxygen atoms in total. The summed E-state index contributed by atoms with van der Waals surface area (Å²) >= 11 is 24.7. The fourth-order valence-electron chi connectivity index (χ4n) is 2.40. The van der Waals surface area contributed by atoms with E-state index in [1.54, 1.807) is 12.1 Å². The number of carbonyl (C=O) groups is 1. The molecule has 0 bridgehead atoms. The highest BCUT2D eigenvalue weighted by atomic mass is 79.9. The van der Waals surface area contributed by atoms with Gasteiger partial charge in [0.2, 0.25) is 0 Å². The quantitative estimate of drug-likeness (QED) is 0.238. The first kappa shape index (κ1) is 23.1. The average Bonchev–Trinajstić information content (AvgIpc) is 2.70. The van der Waals surface area contributed by atoms with E-state index in [1.165, 1.54) is 12.3 Å². The lowest BCUT2D eigenvalue weighted by Crippen LogP contribution is -2.17. The normalized spacial score (nSPS) is 11.0. The third-order valence-corrected chi connectivity index (χ3v) is 6.05. The van der Waals surface area contributed by atoms with Gasteiger partial charge in [0.05, 0.1) is 25.2 Å². The first-order valence-corrected chi connectivity index (χ1v) is 11.2. The fourth-order valence-corrected chi connectivity index (χ4v) is 4.27. The smallest absolute Gasteiger partial charge is 0.271 e. The molecule has 154 valence electrons. The maximum Gasteiger partial charge on any atom is 0.271 e. The van der Waals surface area contributed by atoms with Crippen LogP contribution in [0, 0.1) is 0 Å². The lowest BCUT2D eigenvalue weighted by atomic mass is 10.2. The van der Waals surface area contributed by atoms with Crippen LogP contribution in [0.1, 0.15) is 21.5 Å². The van der Waals surface area contributed by atoms with E-state index in [-0.39, 0.29) is 0 Å². The van der Waals surface area contributed by atoms with Gasteiger partial charge in [-0.2, -0.15) is 5.10 Å². The lowest BCUT2D eigenvalue weighted by Gasteiger charge is -2.11. The Balaban J connectivity index is 1.64. The number of halogens is 5. The molecule has 3 aromatic rings. The Morgan fingerprint density at radius 2 is 1.63 bits per heavy atom. The first-order chi connectivity index (χ1) is 14.3.